The summed E-state index contributed by atoms with van der Waals surface area (Å²) in [6.45, 7) is 4.92. The van der Waals surface area contributed by atoms with Crippen LogP contribution in [0.1, 0.15) is 37.7 Å². The molecule has 2 aliphatic heterocycles. The van der Waals surface area contributed by atoms with Gasteiger partial charge >= 0.3 is 0 Å². The number of nitrogens with one attached hydrogen (secondary N) is 2. The van der Waals surface area contributed by atoms with E-state index < -0.39 is 0 Å². The number of aliphatic imine (C=N–C) groups is 1. The van der Waals surface area contributed by atoms with Gasteiger partial charge in [0.2, 0.25) is 0 Å². The van der Waals surface area contributed by atoms with Crippen molar-refractivity contribution >= 4 is 5.96 Å². The smallest absolute Gasteiger partial charge is 0.191 e. The van der Waals surface area contributed by atoms with Crippen LogP contribution in [0.5, 0.6) is 0 Å². The van der Waals surface area contributed by atoms with E-state index >= 15 is 0 Å². The topological polar surface area (TPSA) is 48.9 Å². The lowest BCUT2D eigenvalue weighted by Crippen LogP contribution is -2.53. The Kier molecular flexibility index (Phi) is 5.46. The number of morpholine rings is 1. The minimum atomic E-state index is 0.259. The van der Waals surface area contributed by atoms with E-state index in [9.17, 15) is 0 Å². The lowest BCUT2D eigenvalue weighted by atomic mass is 9.64. The molecule has 1 aromatic carbocycles. The number of nitrogens with zero attached hydrogens (tertiary/aromatic N) is 2. The highest BCUT2D eigenvalue weighted by molar-refractivity contribution is 5.79. The predicted molar refractivity (Wildman–Crippen MR) is 106 cm³/mol. The second-order valence-electron chi connectivity index (χ2n) is 8.05. The Morgan fingerprint density at radius 2 is 2.08 bits per heavy atom. The largest absolute Gasteiger partial charge is 0.373 e. The van der Waals surface area contributed by atoms with Crippen molar-refractivity contribution in [2.75, 3.05) is 39.8 Å². The lowest BCUT2D eigenvalue weighted by molar-refractivity contribution is -0.0453. The first-order valence-corrected chi connectivity index (χ1v) is 10.1. The van der Waals surface area contributed by atoms with Crippen molar-refractivity contribution in [1.29, 1.82) is 0 Å². The first-order valence-electron chi connectivity index (χ1n) is 10.1. The van der Waals surface area contributed by atoms with E-state index in [-0.39, 0.29) is 11.5 Å². The van der Waals surface area contributed by atoms with Crippen molar-refractivity contribution in [3.8, 4) is 0 Å². The number of ether oxygens (including phenoxy) is 1. The Hall–Kier alpha value is -1.59. The summed E-state index contributed by atoms with van der Waals surface area (Å²) >= 11 is 0. The van der Waals surface area contributed by atoms with Crippen molar-refractivity contribution < 1.29 is 4.74 Å². The van der Waals surface area contributed by atoms with Crippen molar-refractivity contribution in [1.82, 2.24) is 15.5 Å². The van der Waals surface area contributed by atoms with Crippen LogP contribution >= 0.6 is 0 Å². The number of hydrogen-bond donors (Lipinski definition) is 2. The highest BCUT2D eigenvalue weighted by Crippen LogP contribution is 2.43. The fraction of sp³-hybridized carbons (Fsp3) is 0.667. The van der Waals surface area contributed by atoms with Crippen LogP contribution in [-0.4, -0.2) is 62.8 Å². The Morgan fingerprint density at radius 3 is 2.81 bits per heavy atom. The molecule has 4 rings (SSSR count). The highest BCUT2D eigenvalue weighted by atomic mass is 16.5. The Labute approximate surface area is 157 Å². The summed E-state index contributed by atoms with van der Waals surface area (Å²) < 4.78 is 6.05. The van der Waals surface area contributed by atoms with Crippen LogP contribution in [-0.2, 0) is 10.2 Å². The van der Waals surface area contributed by atoms with Gasteiger partial charge in [0.25, 0.3) is 0 Å². The molecule has 2 heterocycles. The number of fused-ring (bicyclic) bond motifs is 1. The molecule has 2 atom stereocenters. The number of hydrogen-bond acceptors (Lipinski definition) is 3. The van der Waals surface area contributed by atoms with Crippen molar-refractivity contribution in [2.24, 2.45) is 4.99 Å². The van der Waals surface area contributed by atoms with Crippen LogP contribution in [0.3, 0.4) is 0 Å². The molecule has 0 radical (unpaired) electrons. The van der Waals surface area contributed by atoms with Crippen LogP contribution in [0, 0.1) is 0 Å². The molecule has 142 valence electrons. The van der Waals surface area contributed by atoms with Gasteiger partial charge in [0, 0.05) is 38.1 Å². The molecule has 5 nitrogen and oxygen atoms in total. The van der Waals surface area contributed by atoms with Gasteiger partial charge in [-0.2, -0.15) is 0 Å². The quantitative estimate of drug-likeness (QED) is 0.627. The summed E-state index contributed by atoms with van der Waals surface area (Å²) in [5.41, 5.74) is 1.72. The molecule has 2 N–H and O–H groups in total. The molecule has 1 saturated carbocycles. The molecule has 2 unspecified atom stereocenters. The number of rotatable bonds is 5. The molecule has 0 spiro atoms. The fourth-order valence-corrected chi connectivity index (χ4v) is 4.66. The van der Waals surface area contributed by atoms with Crippen LogP contribution in [0.25, 0.3) is 0 Å². The first kappa shape index (κ1) is 17.8. The monoisotopic (exact) mass is 356 g/mol. The third-order valence-corrected chi connectivity index (χ3v) is 6.47. The van der Waals surface area contributed by atoms with E-state index in [0.717, 1.165) is 32.2 Å². The maximum Gasteiger partial charge on any atom is 0.191 e. The van der Waals surface area contributed by atoms with Gasteiger partial charge in [-0.15, -0.1) is 0 Å². The molecule has 5 heteroatoms. The predicted octanol–water partition coefficient (Wildman–Crippen LogP) is 2.14. The summed E-state index contributed by atoms with van der Waals surface area (Å²) in [7, 11) is 1.85. The highest BCUT2D eigenvalue weighted by Gasteiger charge is 2.38. The number of benzene rings is 1. The van der Waals surface area contributed by atoms with Crippen LogP contribution in [0.2, 0.25) is 0 Å². The fourth-order valence-electron chi connectivity index (χ4n) is 4.66. The van der Waals surface area contributed by atoms with Crippen LogP contribution < -0.4 is 10.6 Å². The first-order chi connectivity index (χ1) is 12.8. The van der Waals surface area contributed by atoms with Crippen molar-refractivity contribution in [3.05, 3.63) is 35.9 Å². The van der Waals surface area contributed by atoms with Gasteiger partial charge in [-0.1, -0.05) is 36.8 Å². The van der Waals surface area contributed by atoms with E-state index in [1.165, 1.54) is 44.2 Å². The maximum absolute atomic E-state index is 6.05. The van der Waals surface area contributed by atoms with E-state index in [1.807, 2.05) is 7.05 Å². The Bertz CT molecular complexity index is 614. The maximum atomic E-state index is 6.05. The Balaban J connectivity index is 1.27. The van der Waals surface area contributed by atoms with Gasteiger partial charge in [-0.3, -0.25) is 9.89 Å². The molecule has 0 amide bonds. The summed E-state index contributed by atoms with van der Waals surface area (Å²) in [4.78, 5) is 7.01. The molecule has 3 fully saturated rings. The van der Waals surface area contributed by atoms with Gasteiger partial charge in [-0.25, -0.2) is 0 Å². The average molecular weight is 357 g/mol. The molecule has 3 aliphatic rings. The summed E-state index contributed by atoms with van der Waals surface area (Å²) in [6.07, 6.45) is 6.70. The molecular weight excluding hydrogens is 324 g/mol. The van der Waals surface area contributed by atoms with E-state index in [2.05, 4.69) is 50.9 Å². The minimum absolute atomic E-state index is 0.259. The van der Waals surface area contributed by atoms with Crippen LogP contribution in [0.15, 0.2) is 35.3 Å². The zero-order valence-electron chi connectivity index (χ0n) is 15.9. The lowest BCUT2D eigenvalue weighted by Gasteiger charge is -2.43. The average Bonchev–Trinajstić information content (AvgIpc) is 3.12. The standard InChI is InChI=1S/C21H32N4O/c1-22-20(23-13-19-14-25-12-5-9-18(25)15-26-19)24-16-21(10-6-11-21)17-7-3-2-4-8-17/h2-4,7-8,18-19H,5-6,9-16H2,1H3,(H2,22,23,24). The molecule has 1 aromatic rings. The summed E-state index contributed by atoms with van der Waals surface area (Å²) in [6, 6.07) is 11.6. The third-order valence-electron chi connectivity index (χ3n) is 6.47. The van der Waals surface area contributed by atoms with E-state index in [1.54, 1.807) is 0 Å². The second-order valence-corrected chi connectivity index (χ2v) is 8.05. The zero-order chi connectivity index (χ0) is 17.8. The molecular formula is C21H32N4O. The van der Waals surface area contributed by atoms with Gasteiger partial charge in [0.05, 0.1) is 12.7 Å². The SMILES string of the molecule is CN=C(NCC1CN2CCCC2CO1)NCC1(c2ccccc2)CCC1. The molecule has 1 aliphatic carbocycles. The molecule has 0 aromatic heterocycles. The van der Waals surface area contributed by atoms with Gasteiger partial charge in [0.1, 0.15) is 0 Å². The molecule has 2 saturated heterocycles. The van der Waals surface area contributed by atoms with Crippen molar-refractivity contribution in [2.45, 2.75) is 49.7 Å². The summed E-state index contributed by atoms with van der Waals surface area (Å²) in [5, 5.41) is 7.04. The minimum Gasteiger partial charge on any atom is -0.373 e. The molecule has 26 heavy (non-hydrogen) atoms. The second kappa shape index (κ2) is 7.97. The van der Waals surface area contributed by atoms with Crippen LogP contribution in [0.4, 0.5) is 0 Å². The van der Waals surface area contributed by atoms with E-state index in [4.69, 9.17) is 4.74 Å². The third kappa shape index (κ3) is 3.74. The van der Waals surface area contributed by atoms with Gasteiger partial charge in [-0.05, 0) is 37.8 Å². The normalized spacial score (nSPS) is 28.3. The van der Waals surface area contributed by atoms with Gasteiger partial charge in [0.15, 0.2) is 5.96 Å². The number of guanidine groups is 1. The zero-order valence-corrected chi connectivity index (χ0v) is 15.9. The van der Waals surface area contributed by atoms with Crippen molar-refractivity contribution in [3.63, 3.8) is 0 Å². The van der Waals surface area contributed by atoms with Gasteiger partial charge < -0.3 is 15.4 Å². The van der Waals surface area contributed by atoms with E-state index in [0.29, 0.717) is 6.04 Å². The molecule has 0 bridgehead atoms. The summed E-state index contributed by atoms with van der Waals surface area (Å²) in [5.74, 6) is 0.888. The Morgan fingerprint density at radius 1 is 1.23 bits per heavy atom.